The Bertz CT molecular complexity index is 567. The van der Waals surface area contributed by atoms with Crippen molar-refractivity contribution in [2.45, 2.75) is 38.5 Å². The van der Waals surface area contributed by atoms with Crippen molar-refractivity contribution in [3.63, 3.8) is 0 Å². The van der Waals surface area contributed by atoms with E-state index in [2.05, 4.69) is 0 Å². The molecule has 0 spiro atoms. The largest absolute Gasteiger partial charge is 0.479 e. The first-order valence-corrected chi connectivity index (χ1v) is 7.02. The summed E-state index contributed by atoms with van der Waals surface area (Å²) in [5, 5.41) is 9.84. The van der Waals surface area contributed by atoms with Crippen LogP contribution in [-0.4, -0.2) is 40.1 Å². The third-order valence-electron chi connectivity index (χ3n) is 3.41. The number of halogens is 1. The highest BCUT2D eigenvalue weighted by atomic mass is 35.5. The molecule has 114 valence electrons. The Kier molecular flexibility index (Phi) is 4.25. The molecule has 0 aromatic heterocycles. The van der Waals surface area contributed by atoms with Crippen LogP contribution < -0.4 is 0 Å². The summed E-state index contributed by atoms with van der Waals surface area (Å²) < 4.78 is 5.25. The van der Waals surface area contributed by atoms with Crippen molar-refractivity contribution in [2.75, 3.05) is 6.61 Å². The summed E-state index contributed by atoms with van der Waals surface area (Å²) in [6.07, 6.45) is -1.14. The van der Waals surface area contributed by atoms with E-state index in [1.165, 1.54) is 0 Å². The van der Waals surface area contributed by atoms with Gasteiger partial charge in [0.25, 0.3) is 0 Å². The Morgan fingerprint density at radius 1 is 1.38 bits per heavy atom. The average Bonchev–Trinajstić information content (AvgIpc) is 2.37. The van der Waals surface area contributed by atoms with Gasteiger partial charge in [0.15, 0.2) is 6.10 Å². The van der Waals surface area contributed by atoms with Gasteiger partial charge < -0.3 is 14.7 Å². The van der Waals surface area contributed by atoms with Crippen molar-refractivity contribution in [2.24, 2.45) is 0 Å². The summed E-state index contributed by atoms with van der Waals surface area (Å²) >= 11 is 6.20. The summed E-state index contributed by atoms with van der Waals surface area (Å²) in [6, 6.07) is 6.17. The lowest BCUT2D eigenvalue weighted by Crippen LogP contribution is -2.58. The Labute approximate surface area is 128 Å². The maximum absolute atomic E-state index is 12.3. The number of nitrogens with zero attached hydrogens (tertiary/aromatic N) is 1. The number of benzene rings is 1. The molecule has 1 fully saturated rings. The van der Waals surface area contributed by atoms with Crippen molar-refractivity contribution < 1.29 is 19.4 Å². The smallest absolute Gasteiger partial charge is 0.335 e. The molecule has 0 bridgehead atoms. The normalized spacial score (nSPS) is 23.2. The van der Waals surface area contributed by atoms with E-state index >= 15 is 0 Å². The standard InChI is InChI=1S/C15H18ClNO4/c1-15(2,3)17-11(18)8-21-13(14(19)20)12(17)9-6-4-5-7-10(9)16/h4-7,12-13H,8H2,1-3H3,(H,19,20). The Balaban J connectivity index is 2.58. The molecule has 2 atom stereocenters. The fourth-order valence-electron chi connectivity index (χ4n) is 2.63. The SMILES string of the molecule is CC(C)(C)N1C(=O)COC(C(=O)O)C1c1ccccc1Cl. The summed E-state index contributed by atoms with van der Waals surface area (Å²) in [4.78, 5) is 25.3. The van der Waals surface area contributed by atoms with Crippen molar-refractivity contribution in [3.8, 4) is 0 Å². The molecular weight excluding hydrogens is 294 g/mol. The molecule has 6 heteroatoms. The number of carbonyl (C=O) groups is 2. The van der Waals surface area contributed by atoms with E-state index in [4.69, 9.17) is 16.3 Å². The fourth-order valence-corrected chi connectivity index (χ4v) is 2.87. The molecule has 1 N–H and O–H groups in total. The Hall–Kier alpha value is -1.59. The fraction of sp³-hybridized carbons (Fsp3) is 0.467. The predicted octanol–water partition coefficient (Wildman–Crippen LogP) is 2.49. The number of carboxylic acid groups (broad SMARTS) is 1. The number of aliphatic carboxylic acids is 1. The van der Waals surface area contributed by atoms with Crippen LogP contribution >= 0.6 is 11.6 Å². The van der Waals surface area contributed by atoms with Gasteiger partial charge in [0.05, 0.1) is 6.04 Å². The van der Waals surface area contributed by atoms with Gasteiger partial charge in [-0.1, -0.05) is 29.8 Å². The first kappa shape index (κ1) is 15.8. The van der Waals surface area contributed by atoms with E-state index in [-0.39, 0.29) is 12.5 Å². The van der Waals surface area contributed by atoms with Crippen LogP contribution in [0.15, 0.2) is 24.3 Å². The topological polar surface area (TPSA) is 66.8 Å². The quantitative estimate of drug-likeness (QED) is 0.911. The lowest BCUT2D eigenvalue weighted by Gasteiger charge is -2.47. The first-order chi connectivity index (χ1) is 9.73. The van der Waals surface area contributed by atoms with E-state index < -0.39 is 23.7 Å². The van der Waals surface area contributed by atoms with E-state index in [0.29, 0.717) is 10.6 Å². The van der Waals surface area contributed by atoms with Gasteiger partial charge in [-0.2, -0.15) is 0 Å². The highest BCUT2D eigenvalue weighted by Crippen LogP contribution is 2.38. The molecule has 5 nitrogen and oxygen atoms in total. The van der Waals surface area contributed by atoms with Crippen molar-refractivity contribution in [1.82, 2.24) is 4.90 Å². The van der Waals surface area contributed by atoms with Gasteiger partial charge in [0.1, 0.15) is 6.61 Å². The number of amides is 1. The minimum atomic E-state index is -1.14. The predicted molar refractivity (Wildman–Crippen MR) is 78.2 cm³/mol. The van der Waals surface area contributed by atoms with Gasteiger partial charge in [-0.25, -0.2) is 4.79 Å². The molecule has 1 aromatic rings. The molecule has 1 aromatic carbocycles. The number of hydrogen-bond acceptors (Lipinski definition) is 3. The Morgan fingerprint density at radius 2 is 2.00 bits per heavy atom. The third kappa shape index (κ3) is 3.04. The molecule has 2 rings (SSSR count). The second kappa shape index (κ2) is 5.66. The zero-order valence-corrected chi connectivity index (χ0v) is 12.9. The van der Waals surface area contributed by atoms with E-state index in [1.807, 2.05) is 20.8 Å². The molecule has 1 saturated heterocycles. The van der Waals surface area contributed by atoms with Crippen LogP contribution in [-0.2, 0) is 14.3 Å². The molecule has 0 radical (unpaired) electrons. The maximum Gasteiger partial charge on any atom is 0.335 e. The molecule has 1 aliphatic heterocycles. The lowest BCUT2D eigenvalue weighted by molar-refractivity contribution is -0.179. The van der Waals surface area contributed by atoms with Crippen LogP contribution in [0.25, 0.3) is 0 Å². The van der Waals surface area contributed by atoms with Crippen LogP contribution in [0.5, 0.6) is 0 Å². The molecule has 1 aliphatic rings. The van der Waals surface area contributed by atoms with Crippen LogP contribution in [0, 0.1) is 0 Å². The van der Waals surface area contributed by atoms with Gasteiger partial charge >= 0.3 is 5.97 Å². The van der Waals surface area contributed by atoms with Crippen LogP contribution in [0.3, 0.4) is 0 Å². The van der Waals surface area contributed by atoms with E-state index in [9.17, 15) is 14.7 Å². The maximum atomic E-state index is 12.3. The zero-order chi connectivity index (χ0) is 15.8. The van der Waals surface area contributed by atoms with Crippen LogP contribution in [0.2, 0.25) is 5.02 Å². The molecule has 21 heavy (non-hydrogen) atoms. The van der Waals surface area contributed by atoms with Gasteiger partial charge in [0, 0.05) is 10.6 Å². The summed E-state index contributed by atoms with van der Waals surface area (Å²) in [5.41, 5.74) is 0.0350. The molecule has 0 saturated carbocycles. The van der Waals surface area contributed by atoms with Crippen molar-refractivity contribution in [3.05, 3.63) is 34.9 Å². The number of morpholine rings is 1. The molecular formula is C15H18ClNO4. The van der Waals surface area contributed by atoms with Gasteiger partial charge in [-0.3, -0.25) is 4.79 Å². The molecule has 1 heterocycles. The van der Waals surface area contributed by atoms with Gasteiger partial charge in [-0.05, 0) is 32.4 Å². The Morgan fingerprint density at radius 3 is 2.52 bits per heavy atom. The zero-order valence-electron chi connectivity index (χ0n) is 12.2. The van der Waals surface area contributed by atoms with Crippen LogP contribution in [0.4, 0.5) is 0 Å². The monoisotopic (exact) mass is 311 g/mol. The molecule has 2 unspecified atom stereocenters. The second-order valence-corrected chi connectivity index (χ2v) is 6.38. The highest BCUT2D eigenvalue weighted by Gasteiger charge is 2.46. The molecule has 1 amide bonds. The minimum Gasteiger partial charge on any atom is -0.479 e. The molecule has 0 aliphatic carbocycles. The minimum absolute atomic E-state index is 0.241. The number of ether oxygens (including phenoxy) is 1. The summed E-state index contributed by atoms with van der Waals surface area (Å²) in [7, 11) is 0. The number of hydrogen-bond donors (Lipinski definition) is 1. The highest BCUT2D eigenvalue weighted by molar-refractivity contribution is 6.31. The first-order valence-electron chi connectivity index (χ1n) is 6.64. The van der Waals surface area contributed by atoms with Gasteiger partial charge in [0.2, 0.25) is 5.91 Å². The third-order valence-corrected chi connectivity index (χ3v) is 3.75. The number of rotatable bonds is 2. The summed E-state index contributed by atoms with van der Waals surface area (Å²) in [5.74, 6) is -1.36. The lowest BCUT2D eigenvalue weighted by atomic mass is 9.92. The van der Waals surface area contributed by atoms with E-state index in [1.54, 1.807) is 29.2 Å². The van der Waals surface area contributed by atoms with E-state index in [0.717, 1.165) is 0 Å². The van der Waals surface area contributed by atoms with Crippen LogP contribution in [0.1, 0.15) is 32.4 Å². The summed E-state index contributed by atoms with van der Waals surface area (Å²) in [6.45, 7) is 5.34. The number of carbonyl (C=O) groups excluding carboxylic acids is 1. The van der Waals surface area contributed by atoms with Crippen molar-refractivity contribution >= 4 is 23.5 Å². The average molecular weight is 312 g/mol. The van der Waals surface area contributed by atoms with Gasteiger partial charge in [-0.15, -0.1) is 0 Å². The van der Waals surface area contributed by atoms with Crippen molar-refractivity contribution in [1.29, 1.82) is 0 Å². The number of carboxylic acids is 1. The second-order valence-electron chi connectivity index (χ2n) is 5.97.